The maximum atomic E-state index is 12.6. The van der Waals surface area contributed by atoms with Crippen LogP contribution < -0.4 is 9.47 Å². The third-order valence-corrected chi connectivity index (χ3v) is 6.24. The molecule has 0 atom stereocenters. The molecule has 1 saturated heterocycles. The van der Waals surface area contributed by atoms with Gasteiger partial charge in [0.1, 0.15) is 6.61 Å². The topological polar surface area (TPSA) is 108 Å². The Morgan fingerprint density at radius 1 is 1.21 bits per heavy atom. The molecule has 11 heteroatoms. The van der Waals surface area contributed by atoms with Gasteiger partial charge in [-0.2, -0.15) is 0 Å². The number of carbonyl (C=O) groups is 2. The second-order valence-corrected chi connectivity index (χ2v) is 8.96. The van der Waals surface area contributed by atoms with E-state index in [1.807, 2.05) is 13.0 Å². The van der Waals surface area contributed by atoms with Crippen molar-refractivity contribution in [1.82, 2.24) is 4.90 Å². The summed E-state index contributed by atoms with van der Waals surface area (Å²) in [5, 5.41) is 10.7. The predicted octanol–water partition coefficient (Wildman–Crippen LogP) is 4.86. The molecule has 33 heavy (non-hydrogen) atoms. The van der Waals surface area contributed by atoms with Gasteiger partial charge in [-0.1, -0.05) is 12.1 Å². The molecule has 2 amide bonds. The SMILES string of the molecule is CCOc1cc(/C=C2/SC(=O)N(CCOC)C2=O)cc(I)c1OCc1cccc([N+](=O)[O-])c1. The Hall–Kier alpha value is -2.64. The molecular formula is C22H21IN2O7S. The minimum absolute atomic E-state index is 0.00868. The van der Waals surface area contributed by atoms with Crippen molar-refractivity contribution in [2.45, 2.75) is 13.5 Å². The van der Waals surface area contributed by atoms with Crippen molar-refractivity contribution in [3.05, 3.63) is 66.1 Å². The van der Waals surface area contributed by atoms with Crippen molar-refractivity contribution < 1.29 is 28.7 Å². The predicted molar refractivity (Wildman–Crippen MR) is 132 cm³/mol. The van der Waals surface area contributed by atoms with Crippen LogP contribution in [-0.2, 0) is 16.1 Å². The summed E-state index contributed by atoms with van der Waals surface area (Å²) < 4.78 is 17.4. The highest BCUT2D eigenvalue weighted by molar-refractivity contribution is 14.1. The maximum absolute atomic E-state index is 12.6. The molecule has 0 spiro atoms. The van der Waals surface area contributed by atoms with E-state index in [9.17, 15) is 19.7 Å². The van der Waals surface area contributed by atoms with E-state index in [1.165, 1.54) is 19.2 Å². The molecule has 1 heterocycles. The number of hydrogen-bond acceptors (Lipinski definition) is 8. The number of amides is 2. The van der Waals surface area contributed by atoms with Crippen LogP contribution in [0, 0.1) is 13.7 Å². The molecular weight excluding hydrogens is 563 g/mol. The molecule has 0 aromatic heterocycles. The fraction of sp³-hybridized carbons (Fsp3) is 0.273. The normalized spacial score (nSPS) is 14.8. The second kappa shape index (κ2) is 11.5. The zero-order valence-electron chi connectivity index (χ0n) is 17.9. The van der Waals surface area contributed by atoms with Crippen LogP contribution in [0.4, 0.5) is 10.5 Å². The first-order chi connectivity index (χ1) is 15.8. The van der Waals surface area contributed by atoms with Crippen LogP contribution in [0.15, 0.2) is 41.3 Å². The van der Waals surface area contributed by atoms with E-state index >= 15 is 0 Å². The van der Waals surface area contributed by atoms with E-state index in [4.69, 9.17) is 14.2 Å². The summed E-state index contributed by atoms with van der Waals surface area (Å²) in [6, 6.07) is 9.78. The highest BCUT2D eigenvalue weighted by atomic mass is 127. The number of nitro benzene ring substituents is 1. The van der Waals surface area contributed by atoms with Gasteiger partial charge in [-0.15, -0.1) is 0 Å². The van der Waals surface area contributed by atoms with Crippen LogP contribution in [0.1, 0.15) is 18.1 Å². The molecule has 0 bridgehead atoms. The van der Waals surface area contributed by atoms with Gasteiger partial charge in [0.2, 0.25) is 0 Å². The van der Waals surface area contributed by atoms with Crippen molar-refractivity contribution in [2.24, 2.45) is 0 Å². The summed E-state index contributed by atoms with van der Waals surface area (Å²) in [6.45, 7) is 2.82. The summed E-state index contributed by atoms with van der Waals surface area (Å²) in [6.07, 6.45) is 1.65. The average Bonchev–Trinajstić information content (AvgIpc) is 3.04. The lowest BCUT2D eigenvalue weighted by Gasteiger charge is -2.15. The molecule has 0 aliphatic carbocycles. The number of rotatable bonds is 10. The molecule has 1 fully saturated rings. The monoisotopic (exact) mass is 584 g/mol. The lowest BCUT2D eigenvalue weighted by atomic mass is 10.1. The van der Waals surface area contributed by atoms with Crippen molar-refractivity contribution in [3.8, 4) is 11.5 Å². The molecule has 0 radical (unpaired) electrons. The van der Waals surface area contributed by atoms with Gasteiger partial charge in [0.05, 0.1) is 33.2 Å². The quantitative estimate of drug-likeness (QED) is 0.169. The Balaban J connectivity index is 1.83. The Morgan fingerprint density at radius 3 is 2.70 bits per heavy atom. The van der Waals surface area contributed by atoms with Gasteiger partial charge in [0.15, 0.2) is 11.5 Å². The highest BCUT2D eigenvalue weighted by Gasteiger charge is 2.34. The largest absolute Gasteiger partial charge is 0.490 e. The molecule has 0 unspecified atom stereocenters. The van der Waals surface area contributed by atoms with E-state index in [2.05, 4.69) is 22.6 Å². The number of methoxy groups -OCH3 is 1. The summed E-state index contributed by atoms with van der Waals surface area (Å²) >= 11 is 2.98. The number of benzene rings is 2. The second-order valence-electron chi connectivity index (χ2n) is 6.80. The molecule has 1 aliphatic heterocycles. The zero-order chi connectivity index (χ0) is 24.0. The Bertz CT molecular complexity index is 1110. The summed E-state index contributed by atoms with van der Waals surface area (Å²) in [5.74, 6) is 0.606. The van der Waals surface area contributed by atoms with Crippen LogP contribution in [0.2, 0.25) is 0 Å². The number of thioether (sulfide) groups is 1. The van der Waals surface area contributed by atoms with Crippen LogP contribution in [0.25, 0.3) is 6.08 Å². The van der Waals surface area contributed by atoms with E-state index in [0.717, 1.165) is 20.2 Å². The third-order valence-electron chi connectivity index (χ3n) is 4.53. The van der Waals surface area contributed by atoms with Crippen LogP contribution in [0.5, 0.6) is 11.5 Å². The van der Waals surface area contributed by atoms with Gasteiger partial charge < -0.3 is 14.2 Å². The first-order valence-electron chi connectivity index (χ1n) is 9.90. The first kappa shape index (κ1) is 25.0. The van der Waals surface area contributed by atoms with E-state index in [-0.39, 0.29) is 36.6 Å². The van der Waals surface area contributed by atoms with Gasteiger partial charge in [0.25, 0.3) is 16.8 Å². The number of hydrogen-bond donors (Lipinski definition) is 0. The lowest BCUT2D eigenvalue weighted by Crippen LogP contribution is -2.31. The minimum atomic E-state index is -0.454. The Kier molecular flexibility index (Phi) is 8.69. The fourth-order valence-electron chi connectivity index (χ4n) is 3.02. The average molecular weight is 584 g/mol. The number of non-ortho nitro benzene ring substituents is 1. The van der Waals surface area contributed by atoms with Crippen molar-refractivity contribution in [3.63, 3.8) is 0 Å². The van der Waals surface area contributed by atoms with Crippen LogP contribution in [-0.4, -0.2) is 47.8 Å². The van der Waals surface area contributed by atoms with Crippen molar-refractivity contribution in [2.75, 3.05) is 26.9 Å². The zero-order valence-corrected chi connectivity index (χ0v) is 20.9. The van der Waals surface area contributed by atoms with Crippen LogP contribution >= 0.6 is 34.4 Å². The third kappa shape index (κ3) is 6.24. The van der Waals surface area contributed by atoms with Gasteiger partial charge in [-0.25, -0.2) is 0 Å². The van der Waals surface area contributed by atoms with Gasteiger partial charge in [-0.05, 0) is 70.6 Å². The summed E-state index contributed by atoms with van der Waals surface area (Å²) in [4.78, 5) is 36.8. The Morgan fingerprint density at radius 2 is 2.00 bits per heavy atom. The van der Waals surface area contributed by atoms with Crippen molar-refractivity contribution in [1.29, 1.82) is 0 Å². The first-order valence-corrected chi connectivity index (χ1v) is 11.8. The van der Waals surface area contributed by atoms with E-state index in [0.29, 0.717) is 34.1 Å². The smallest absolute Gasteiger partial charge is 0.293 e. The molecule has 174 valence electrons. The number of halogens is 1. The Labute approximate surface area is 208 Å². The molecule has 1 aliphatic rings. The number of carbonyl (C=O) groups excluding carboxylic acids is 2. The van der Waals surface area contributed by atoms with Crippen molar-refractivity contribution >= 4 is 57.3 Å². The summed E-state index contributed by atoms with van der Waals surface area (Å²) in [5.41, 5.74) is 1.32. The van der Waals surface area contributed by atoms with Gasteiger partial charge >= 0.3 is 0 Å². The van der Waals surface area contributed by atoms with E-state index < -0.39 is 4.92 Å². The molecule has 2 aromatic rings. The number of imide groups is 1. The molecule has 9 nitrogen and oxygen atoms in total. The summed E-state index contributed by atoms with van der Waals surface area (Å²) in [7, 11) is 1.51. The van der Waals surface area contributed by atoms with Crippen LogP contribution in [0.3, 0.4) is 0 Å². The number of nitrogens with zero attached hydrogens (tertiary/aromatic N) is 2. The lowest BCUT2D eigenvalue weighted by molar-refractivity contribution is -0.384. The molecule has 0 N–H and O–H groups in total. The molecule has 0 saturated carbocycles. The molecule has 2 aromatic carbocycles. The minimum Gasteiger partial charge on any atom is -0.490 e. The standard InChI is InChI=1S/C22H21IN2O7S/c1-3-31-18-11-15(12-19-21(26)24(7-8-30-2)22(27)33-19)10-17(23)20(18)32-13-14-5-4-6-16(9-14)25(28)29/h4-6,9-12H,3,7-8,13H2,1-2H3/b19-12+. The van der Waals surface area contributed by atoms with E-state index in [1.54, 1.807) is 24.3 Å². The fourth-order valence-corrected chi connectivity index (χ4v) is 4.66. The van der Waals surface area contributed by atoms with Gasteiger partial charge in [-0.3, -0.25) is 24.6 Å². The molecule has 3 rings (SSSR count). The number of ether oxygens (including phenoxy) is 3. The maximum Gasteiger partial charge on any atom is 0.293 e. The number of nitro groups is 1. The highest BCUT2D eigenvalue weighted by Crippen LogP contribution is 2.38. The van der Waals surface area contributed by atoms with Gasteiger partial charge in [0, 0.05) is 19.2 Å².